The number of fused-ring (bicyclic) bond motifs is 1. The highest BCUT2D eigenvalue weighted by Crippen LogP contribution is 2.19. The predicted molar refractivity (Wildman–Crippen MR) is 107 cm³/mol. The number of carbonyl (C=O) groups excluding carboxylic acids is 1. The Balaban J connectivity index is 1.67. The highest BCUT2D eigenvalue weighted by molar-refractivity contribution is 5.94. The van der Waals surface area contributed by atoms with Crippen LogP contribution in [-0.2, 0) is 11.3 Å². The van der Waals surface area contributed by atoms with Gasteiger partial charge in [0.25, 0.3) is 11.5 Å². The van der Waals surface area contributed by atoms with Crippen LogP contribution in [0.25, 0.3) is 10.9 Å². The zero-order chi connectivity index (χ0) is 19.5. The van der Waals surface area contributed by atoms with E-state index < -0.39 is 0 Å². The Labute approximate surface area is 163 Å². The molecule has 0 spiro atoms. The smallest absolute Gasteiger partial charge is 0.255 e. The molecule has 1 aliphatic rings. The number of amides is 1. The van der Waals surface area contributed by atoms with E-state index in [1.165, 1.54) is 0 Å². The lowest BCUT2D eigenvalue weighted by atomic mass is 10.1. The molecule has 0 radical (unpaired) electrons. The zero-order valence-electron chi connectivity index (χ0n) is 15.9. The summed E-state index contributed by atoms with van der Waals surface area (Å²) < 4.78 is 5.73. The van der Waals surface area contributed by atoms with Gasteiger partial charge in [0.15, 0.2) is 0 Å². The Bertz CT molecular complexity index is 1040. The molecule has 4 rings (SSSR count). The van der Waals surface area contributed by atoms with E-state index in [0.717, 1.165) is 35.9 Å². The van der Waals surface area contributed by atoms with Crippen molar-refractivity contribution in [2.75, 3.05) is 13.2 Å². The quantitative estimate of drug-likeness (QED) is 0.742. The summed E-state index contributed by atoms with van der Waals surface area (Å²) >= 11 is 0. The van der Waals surface area contributed by atoms with E-state index >= 15 is 0 Å². The number of hydrogen-bond donors (Lipinski definition) is 1. The van der Waals surface area contributed by atoms with Crippen molar-refractivity contribution in [1.82, 2.24) is 14.9 Å². The van der Waals surface area contributed by atoms with Gasteiger partial charge in [-0.25, -0.2) is 0 Å². The van der Waals surface area contributed by atoms with Gasteiger partial charge in [0, 0.05) is 31.1 Å². The van der Waals surface area contributed by atoms with Gasteiger partial charge < -0.3 is 14.6 Å². The standard InChI is InChI=1S/C22H23N3O3/c1-15-5-2-6-16-11-18(21(26)24-20(15)16)13-25(14-19-8-4-10-28-19)22(27)17-7-3-9-23-12-17/h2-3,5-7,9,11-12,19H,4,8,10,13-14H2,1H3,(H,24,26). The number of rotatable bonds is 5. The lowest BCUT2D eigenvalue weighted by Gasteiger charge is -2.25. The molecule has 28 heavy (non-hydrogen) atoms. The third-order valence-corrected chi connectivity index (χ3v) is 5.17. The lowest BCUT2D eigenvalue weighted by Crippen LogP contribution is -2.38. The van der Waals surface area contributed by atoms with Crippen molar-refractivity contribution in [1.29, 1.82) is 0 Å². The minimum atomic E-state index is -0.168. The number of H-pyrrole nitrogens is 1. The van der Waals surface area contributed by atoms with Crippen LogP contribution in [-0.4, -0.2) is 40.0 Å². The van der Waals surface area contributed by atoms with Gasteiger partial charge in [-0.1, -0.05) is 18.2 Å². The van der Waals surface area contributed by atoms with E-state index in [0.29, 0.717) is 17.7 Å². The molecule has 1 atom stereocenters. The van der Waals surface area contributed by atoms with E-state index in [9.17, 15) is 9.59 Å². The second kappa shape index (κ2) is 7.94. The first-order valence-corrected chi connectivity index (χ1v) is 9.54. The number of carbonyl (C=O) groups is 1. The summed E-state index contributed by atoms with van der Waals surface area (Å²) in [5.41, 5.74) is 2.75. The van der Waals surface area contributed by atoms with Crippen LogP contribution in [0.2, 0.25) is 0 Å². The Morgan fingerprint density at radius 1 is 1.32 bits per heavy atom. The van der Waals surface area contributed by atoms with Crippen molar-refractivity contribution in [3.8, 4) is 0 Å². The average molecular weight is 377 g/mol. The minimum Gasteiger partial charge on any atom is -0.376 e. The number of aromatic amines is 1. The van der Waals surface area contributed by atoms with E-state index in [1.807, 2.05) is 31.2 Å². The molecule has 3 aromatic rings. The Hall–Kier alpha value is -2.99. The van der Waals surface area contributed by atoms with Crippen LogP contribution in [0.1, 0.15) is 34.3 Å². The number of benzene rings is 1. The Kier molecular flexibility index (Phi) is 5.21. The molecule has 6 heteroatoms. The summed E-state index contributed by atoms with van der Waals surface area (Å²) in [6, 6.07) is 11.3. The van der Waals surface area contributed by atoms with Gasteiger partial charge in [-0.3, -0.25) is 14.6 Å². The van der Waals surface area contributed by atoms with Gasteiger partial charge in [0.05, 0.1) is 23.7 Å². The van der Waals surface area contributed by atoms with Crippen molar-refractivity contribution >= 4 is 16.8 Å². The van der Waals surface area contributed by atoms with E-state index in [4.69, 9.17) is 4.74 Å². The summed E-state index contributed by atoms with van der Waals surface area (Å²) in [6.45, 7) is 3.37. The van der Waals surface area contributed by atoms with Crippen LogP contribution in [0.3, 0.4) is 0 Å². The van der Waals surface area contributed by atoms with Crippen molar-refractivity contribution in [3.05, 3.63) is 75.8 Å². The van der Waals surface area contributed by atoms with Crippen molar-refractivity contribution < 1.29 is 9.53 Å². The minimum absolute atomic E-state index is 0.00223. The molecule has 0 bridgehead atoms. The maximum absolute atomic E-state index is 13.1. The summed E-state index contributed by atoms with van der Waals surface area (Å²) in [5, 5.41) is 0.959. The highest BCUT2D eigenvalue weighted by Gasteiger charge is 2.24. The molecule has 1 amide bonds. The second-order valence-electron chi connectivity index (χ2n) is 7.23. The summed E-state index contributed by atoms with van der Waals surface area (Å²) in [6.07, 6.45) is 5.11. The fourth-order valence-electron chi connectivity index (χ4n) is 3.68. The van der Waals surface area contributed by atoms with Gasteiger partial charge in [-0.2, -0.15) is 0 Å². The molecule has 2 aromatic heterocycles. The number of aryl methyl sites for hydroxylation is 1. The molecule has 1 aromatic carbocycles. The van der Waals surface area contributed by atoms with Crippen LogP contribution < -0.4 is 5.56 Å². The topological polar surface area (TPSA) is 75.3 Å². The SMILES string of the molecule is Cc1cccc2cc(CN(CC3CCCO3)C(=O)c3cccnc3)c(=O)[nH]c12. The first-order chi connectivity index (χ1) is 13.6. The van der Waals surface area contributed by atoms with E-state index in [-0.39, 0.29) is 24.1 Å². The first-order valence-electron chi connectivity index (χ1n) is 9.54. The molecule has 1 fully saturated rings. The van der Waals surface area contributed by atoms with Crippen LogP contribution in [0.4, 0.5) is 0 Å². The number of aromatic nitrogens is 2. The molecule has 0 aliphatic carbocycles. The number of para-hydroxylation sites is 1. The van der Waals surface area contributed by atoms with Crippen LogP contribution >= 0.6 is 0 Å². The molecule has 6 nitrogen and oxygen atoms in total. The highest BCUT2D eigenvalue weighted by atomic mass is 16.5. The lowest BCUT2D eigenvalue weighted by molar-refractivity contribution is 0.0506. The predicted octanol–water partition coefficient (Wildman–Crippen LogP) is 3.05. The molecule has 1 unspecified atom stereocenters. The fraction of sp³-hybridized carbons (Fsp3) is 0.318. The third kappa shape index (κ3) is 3.82. The van der Waals surface area contributed by atoms with Crippen LogP contribution in [0, 0.1) is 6.92 Å². The number of nitrogens with one attached hydrogen (secondary N) is 1. The monoisotopic (exact) mass is 377 g/mol. The average Bonchev–Trinajstić information content (AvgIpc) is 3.22. The molecule has 0 saturated carbocycles. The molecule has 1 aliphatic heterocycles. The maximum Gasteiger partial charge on any atom is 0.255 e. The summed E-state index contributed by atoms with van der Waals surface area (Å²) in [5.74, 6) is -0.146. The van der Waals surface area contributed by atoms with Crippen LogP contribution in [0.15, 0.2) is 53.6 Å². The van der Waals surface area contributed by atoms with Crippen molar-refractivity contribution in [2.24, 2.45) is 0 Å². The van der Waals surface area contributed by atoms with Gasteiger partial charge in [-0.15, -0.1) is 0 Å². The summed E-state index contributed by atoms with van der Waals surface area (Å²) in [7, 11) is 0. The van der Waals surface area contributed by atoms with E-state index in [1.54, 1.807) is 29.4 Å². The molecule has 144 valence electrons. The third-order valence-electron chi connectivity index (χ3n) is 5.17. The fourth-order valence-corrected chi connectivity index (χ4v) is 3.68. The Morgan fingerprint density at radius 2 is 2.21 bits per heavy atom. The number of nitrogens with zero attached hydrogens (tertiary/aromatic N) is 2. The molecule has 1 N–H and O–H groups in total. The van der Waals surface area contributed by atoms with E-state index in [2.05, 4.69) is 9.97 Å². The largest absolute Gasteiger partial charge is 0.376 e. The van der Waals surface area contributed by atoms with Gasteiger partial charge in [0.2, 0.25) is 0 Å². The number of ether oxygens (including phenoxy) is 1. The molecule has 3 heterocycles. The van der Waals surface area contributed by atoms with Gasteiger partial charge in [-0.05, 0) is 48.9 Å². The maximum atomic E-state index is 13.1. The van der Waals surface area contributed by atoms with Crippen molar-refractivity contribution in [3.63, 3.8) is 0 Å². The number of hydrogen-bond acceptors (Lipinski definition) is 4. The van der Waals surface area contributed by atoms with Gasteiger partial charge >= 0.3 is 0 Å². The second-order valence-corrected chi connectivity index (χ2v) is 7.23. The van der Waals surface area contributed by atoms with Crippen LogP contribution in [0.5, 0.6) is 0 Å². The molecular weight excluding hydrogens is 354 g/mol. The Morgan fingerprint density at radius 3 is 2.96 bits per heavy atom. The van der Waals surface area contributed by atoms with Crippen molar-refractivity contribution in [2.45, 2.75) is 32.4 Å². The summed E-state index contributed by atoms with van der Waals surface area (Å²) in [4.78, 5) is 34.5. The normalized spacial score (nSPS) is 16.4. The molecular formula is C22H23N3O3. The van der Waals surface area contributed by atoms with Gasteiger partial charge in [0.1, 0.15) is 0 Å². The molecule has 1 saturated heterocycles. The first kappa shape index (κ1) is 18.4. The zero-order valence-corrected chi connectivity index (χ0v) is 15.9. The number of pyridine rings is 2.